The number of nitrogens with one attached hydrogen (secondary N) is 1. The normalized spacial score (nSPS) is 27.3. The molecule has 0 aromatic carbocycles. The van der Waals surface area contributed by atoms with E-state index in [1.54, 1.807) is 0 Å². The van der Waals surface area contributed by atoms with Crippen LogP contribution in [0, 0.1) is 11.8 Å². The molecule has 1 unspecified atom stereocenters. The minimum atomic E-state index is -2.83. The molecule has 3 fully saturated rings. The molecule has 0 spiro atoms. The van der Waals surface area contributed by atoms with Gasteiger partial charge in [-0.25, -0.2) is 8.42 Å². The Balaban J connectivity index is 0.00000243. The molecule has 0 radical (unpaired) electrons. The Morgan fingerprint density at radius 3 is 2.42 bits per heavy atom. The number of hydrogen-bond acceptors (Lipinski definition) is 4. The van der Waals surface area contributed by atoms with Crippen molar-refractivity contribution in [1.82, 2.24) is 10.2 Å². The zero-order valence-corrected chi connectivity index (χ0v) is 19.0. The number of ether oxygens (including phenoxy) is 1. The minimum absolute atomic E-state index is 0. The second-order valence-corrected chi connectivity index (χ2v) is 10.2. The molecule has 0 bridgehead atoms. The third kappa shape index (κ3) is 6.82. The Morgan fingerprint density at radius 2 is 1.81 bits per heavy atom. The SMILES string of the molecule is CN(CC1CCOCC1)C(=NCC1CCS(=O)(=O)C1)NC1CCCC1.I. The van der Waals surface area contributed by atoms with Crippen LogP contribution >= 0.6 is 24.0 Å². The van der Waals surface area contributed by atoms with E-state index in [4.69, 9.17) is 9.73 Å². The molecule has 152 valence electrons. The molecule has 26 heavy (non-hydrogen) atoms. The van der Waals surface area contributed by atoms with Crippen molar-refractivity contribution in [1.29, 1.82) is 0 Å². The highest BCUT2D eigenvalue weighted by Gasteiger charge is 2.28. The Morgan fingerprint density at radius 1 is 1.12 bits per heavy atom. The summed E-state index contributed by atoms with van der Waals surface area (Å²) in [7, 11) is -0.713. The highest BCUT2D eigenvalue weighted by Crippen LogP contribution is 2.21. The summed E-state index contributed by atoms with van der Waals surface area (Å²) in [4.78, 5) is 7.08. The topological polar surface area (TPSA) is 71.0 Å². The van der Waals surface area contributed by atoms with E-state index >= 15 is 0 Å². The molecule has 1 aliphatic carbocycles. The van der Waals surface area contributed by atoms with Gasteiger partial charge in [-0.05, 0) is 43.9 Å². The fourth-order valence-corrected chi connectivity index (χ4v) is 6.01. The van der Waals surface area contributed by atoms with Gasteiger partial charge in [-0.15, -0.1) is 24.0 Å². The highest BCUT2D eigenvalue weighted by atomic mass is 127. The molecular weight excluding hydrogens is 465 g/mol. The van der Waals surface area contributed by atoms with E-state index in [0.717, 1.165) is 45.0 Å². The van der Waals surface area contributed by atoms with Crippen molar-refractivity contribution in [3.63, 3.8) is 0 Å². The summed E-state index contributed by atoms with van der Waals surface area (Å²) in [5.41, 5.74) is 0. The first-order valence-corrected chi connectivity index (χ1v) is 11.6. The van der Waals surface area contributed by atoms with E-state index in [9.17, 15) is 8.42 Å². The van der Waals surface area contributed by atoms with E-state index in [0.29, 0.717) is 30.0 Å². The lowest BCUT2D eigenvalue weighted by atomic mass is 10.00. The van der Waals surface area contributed by atoms with E-state index in [-0.39, 0.29) is 29.9 Å². The first-order chi connectivity index (χ1) is 12.0. The highest BCUT2D eigenvalue weighted by molar-refractivity contribution is 14.0. The Kier molecular flexibility index (Phi) is 8.93. The largest absolute Gasteiger partial charge is 0.381 e. The van der Waals surface area contributed by atoms with E-state index in [1.165, 1.54) is 25.7 Å². The second kappa shape index (κ2) is 10.5. The minimum Gasteiger partial charge on any atom is -0.381 e. The first kappa shape index (κ1) is 22.2. The van der Waals surface area contributed by atoms with Crippen LogP contribution in [0.25, 0.3) is 0 Å². The van der Waals surface area contributed by atoms with Crippen LogP contribution in [0.4, 0.5) is 0 Å². The maximum atomic E-state index is 11.7. The van der Waals surface area contributed by atoms with Gasteiger partial charge in [0.2, 0.25) is 0 Å². The van der Waals surface area contributed by atoms with Crippen molar-refractivity contribution in [2.75, 3.05) is 44.9 Å². The molecule has 1 saturated carbocycles. The average Bonchev–Trinajstić information content (AvgIpc) is 3.21. The number of halogens is 1. The molecule has 2 heterocycles. The number of aliphatic imine (C=N–C) groups is 1. The maximum absolute atomic E-state index is 11.7. The third-order valence-corrected chi connectivity index (χ3v) is 7.59. The Bertz CT molecular complexity index is 558. The van der Waals surface area contributed by atoms with Crippen LogP contribution in [0.5, 0.6) is 0 Å². The van der Waals surface area contributed by atoms with Crippen LogP contribution in [0.3, 0.4) is 0 Å². The maximum Gasteiger partial charge on any atom is 0.193 e. The van der Waals surface area contributed by atoms with Gasteiger partial charge in [0, 0.05) is 39.4 Å². The smallest absolute Gasteiger partial charge is 0.193 e. The number of guanidine groups is 1. The molecule has 3 rings (SSSR count). The fraction of sp³-hybridized carbons (Fsp3) is 0.944. The summed E-state index contributed by atoms with van der Waals surface area (Å²) >= 11 is 0. The molecule has 6 nitrogen and oxygen atoms in total. The van der Waals surface area contributed by atoms with Crippen LogP contribution in [-0.4, -0.2) is 70.2 Å². The molecule has 1 N–H and O–H groups in total. The van der Waals surface area contributed by atoms with Gasteiger partial charge < -0.3 is 15.0 Å². The zero-order valence-electron chi connectivity index (χ0n) is 15.9. The first-order valence-electron chi connectivity index (χ1n) is 9.82. The molecule has 0 aromatic rings. The quantitative estimate of drug-likeness (QED) is 0.357. The lowest BCUT2D eigenvalue weighted by Gasteiger charge is -2.31. The monoisotopic (exact) mass is 499 g/mol. The van der Waals surface area contributed by atoms with Crippen molar-refractivity contribution >= 4 is 39.8 Å². The molecule has 0 amide bonds. The van der Waals surface area contributed by atoms with E-state index < -0.39 is 9.84 Å². The van der Waals surface area contributed by atoms with Gasteiger partial charge in [0.25, 0.3) is 0 Å². The van der Waals surface area contributed by atoms with E-state index in [1.807, 2.05) is 0 Å². The lowest BCUT2D eigenvalue weighted by Crippen LogP contribution is -2.46. The molecular formula is C18H34IN3O3S. The Hall–Kier alpha value is -0.0900. The molecule has 1 atom stereocenters. The van der Waals surface area contributed by atoms with Gasteiger partial charge in [-0.1, -0.05) is 12.8 Å². The third-order valence-electron chi connectivity index (χ3n) is 5.75. The van der Waals surface area contributed by atoms with E-state index in [2.05, 4.69) is 17.3 Å². The summed E-state index contributed by atoms with van der Waals surface area (Å²) in [6.45, 7) is 3.33. The predicted molar refractivity (Wildman–Crippen MR) is 116 cm³/mol. The summed E-state index contributed by atoms with van der Waals surface area (Å²) in [5.74, 6) is 2.43. The van der Waals surface area contributed by atoms with Crippen LogP contribution < -0.4 is 5.32 Å². The van der Waals surface area contributed by atoms with Crippen LogP contribution in [0.2, 0.25) is 0 Å². The number of sulfone groups is 1. The predicted octanol–water partition coefficient (Wildman–Crippen LogP) is 2.29. The summed E-state index contributed by atoms with van der Waals surface area (Å²) in [6, 6.07) is 0.517. The second-order valence-electron chi connectivity index (χ2n) is 8.00. The van der Waals surface area contributed by atoms with Crippen molar-refractivity contribution < 1.29 is 13.2 Å². The van der Waals surface area contributed by atoms with Crippen molar-refractivity contribution in [2.24, 2.45) is 16.8 Å². The molecule has 2 saturated heterocycles. The summed E-state index contributed by atoms with van der Waals surface area (Å²) in [5, 5.41) is 3.65. The fourth-order valence-electron chi connectivity index (χ4n) is 4.16. The van der Waals surface area contributed by atoms with Gasteiger partial charge >= 0.3 is 0 Å². The molecule has 2 aliphatic heterocycles. The van der Waals surface area contributed by atoms with Gasteiger partial charge in [-0.3, -0.25) is 4.99 Å². The van der Waals surface area contributed by atoms with Crippen LogP contribution in [0.1, 0.15) is 44.9 Å². The lowest BCUT2D eigenvalue weighted by molar-refractivity contribution is 0.0609. The zero-order chi connectivity index (χ0) is 17.7. The van der Waals surface area contributed by atoms with Gasteiger partial charge in [0.15, 0.2) is 15.8 Å². The number of hydrogen-bond donors (Lipinski definition) is 1. The van der Waals surface area contributed by atoms with Crippen molar-refractivity contribution in [3.05, 3.63) is 0 Å². The summed E-state index contributed by atoms with van der Waals surface area (Å²) < 4.78 is 28.8. The molecule has 3 aliphatic rings. The average molecular weight is 499 g/mol. The molecule has 8 heteroatoms. The van der Waals surface area contributed by atoms with Gasteiger partial charge in [0.05, 0.1) is 11.5 Å². The van der Waals surface area contributed by atoms with Crippen molar-refractivity contribution in [2.45, 2.75) is 51.0 Å². The summed E-state index contributed by atoms with van der Waals surface area (Å²) in [6.07, 6.45) is 7.98. The number of rotatable bonds is 5. The van der Waals surface area contributed by atoms with Gasteiger partial charge in [0.1, 0.15) is 0 Å². The van der Waals surface area contributed by atoms with Crippen LogP contribution in [-0.2, 0) is 14.6 Å². The van der Waals surface area contributed by atoms with Crippen LogP contribution in [0.15, 0.2) is 4.99 Å². The number of nitrogens with zero attached hydrogens (tertiary/aromatic N) is 2. The Labute approximate surface area is 175 Å². The van der Waals surface area contributed by atoms with Crippen molar-refractivity contribution in [3.8, 4) is 0 Å². The van der Waals surface area contributed by atoms with Gasteiger partial charge in [-0.2, -0.15) is 0 Å². The standard InChI is InChI=1S/C18H33N3O3S.HI/c1-21(13-15-6-9-24-10-7-15)18(20-17-4-2-3-5-17)19-12-16-8-11-25(22,23)14-16;/h15-17H,2-14H2,1H3,(H,19,20);1H. The molecule has 0 aromatic heterocycles.